The fraction of sp³-hybridized carbons (Fsp3) is 0.136. The largest absolute Gasteiger partial charge is 0.322 e. The number of halogens is 2. The maximum Gasteiger partial charge on any atom is 0.268 e. The summed E-state index contributed by atoms with van der Waals surface area (Å²) in [7, 11) is 0. The predicted molar refractivity (Wildman–Crippen MR) is 109 cm³/mol. The summed E-state index contributed by atoms with van der Waals surface area (Å²) in [6.45, 7) is 0. The van der Waals surface area contributed by atoms with Gasteiger partial charge in [0.2, 0.25) is 0 Å². The minimum atomic E-state index is -0.704. The number of pyridine rings is 1. The van der Waals surface area contributed by atoms with Gasteiger partial charge in [-0.05, 0) is 61.4 Å². The van der Waals surface area contributed by atoms with Crippen LogP contribution >= 0.6 is 11.6 Å². The molecule has 0 radical (unpaired) electrons. The number of hydrogen-bond donors (Lipinski definition) is 1. The number of carbonyl (C=O) groups excluding carboxylic acids is 2. The number of nitrogens with zero attached hydrogens (tertiary/aromatic N) is 1. The van der Waals surface area contributed by atoms with Gasteiger partial charge >= 0.3 is 0 Å². The van der Waals surface area contributed by atoms with Gasteiger partial charge in [-0.2, -0.15) is 0 Å². The van der Waals surface area contributed by atoms with E-state index in [9.17, 15) is 18.8 Å². The predicted octanol–water partition coefficient (Wildman–Crippen LogP) is 4.40. The second-order valence-electron chi connectivity index (χ2n) is 6.78. The van der Waals surface area contributed by atoms with Crippen molar-refractivity contribution in [2.24, 2.45) is 0 Å². The van der Waals surface area contributed by atoms with Crippen LogP contribution in [0.2, 0.25) is 5.02 Å². The molecule has 1 aliphatic carbocycles. The molecule has 0 saturated carbocycles. The molecule has 146 valence electrons. The maximum atomic E-state index is 13.4. The normalized spacial score (nSPS) is 13.1. The summed E-state index contributed by atoms with van der Waals surface area (Å²) < 4.78 is 14.8. The van der Waals surface area contributed by atoms with Gasteiger partial charge in [-0.3, -0.25) is 19.0 Å². The van der Waals surface area contributed by atoms with E-state index in [4.69, 9.17) is 11.6 Å². The molecule has 0 fully saturated rings. The molecule has 0 unspecified atom stereocenters. The average Bonchev–Trinajstić information content (AvgIpc) is 2.69. The zero-order valence-corrected chi connectivity index (χ0v) is 16.0. The van der Waals surface area contributed by atoms with E-state index in [1.165, 1.54) is 28.8 Å². The molecule has 2 aromatic carbocycles. The van der Waals surface area contributed by atoms with Crippen molar-refractivity contribution in [3.63, 3.8) is 0 Å². The lowest BCUT2D eigenvalue weighted by Gasteiger charge is -2.21. The van der Waals surface area contributed by atoms with Gasteiger partial charge in [-0.25, -0.2) is 4.39 Å². The summed E-state index contributed by atoms with van der Waals surface area (Å²) >= 11 is 5.95. The molecule has 0 aliphatic heterocycles. The van der Waals surface area contributed by atoms with Gasteiger partial charge in [0.1, 0.15) is 11.4 Å². The SMILES string of the molecule is O=C1CCCc2c1cc(C(=O)Nc1cccc(F)c1)c(=O)n2-c1ccc(Cl)cc1. The Hall–Kier alpha value is -3.25. The third kappa shape index (κ3) is 3.71. The lowest BCUT2D eigenvalue weighted by molar-refractivity contribution is 0.0971. The average molecular weight is 411 g/mol. The van der Waals surface area contributed by atoms with Crippen molar-refractivity contribution in [2.45, 2.75) is 19.3 Å². The molecule has 5 nitrogen and oxygen atoms in total. The van der Waals surface area contributed by atoms with Crippen molar-refractivity contribution in [1.82, 2.24) is 4.57 Å². The third-order valence-electron chi connectivity index (χ3n) is 4.83. The number of rotatable bonds is 3. The monoisotopic (exact) mass is 410 g/mol. The highest BCUT2D eigenvalue weighted by atomic mass is 35.5. The number of amides is 1. The van der Waals surface area contributed by atoms with Crippen LogP contribution in [0.15, 0.2) is 59.4 Å². The molecule has 0 spiro atoms. The Kier molecular flexibility index (Phi) is 5.03. The Morgan fingerprint density at radius 3 is 2.52 bits per heavy atom. The third-order valence-corrected chi connectivity index (χ3v) is 5.08. The van der Waals surface area contributed by atoms with Crippen LogP contribution in [-0.4, -0.2) is 16.3 Å². The second-order valence-corrected chi connectivity index (χ2v) is 7.21. The van der Waals surface area contributed by atoms with Crippen molar-refractivity contribution in [3.05, 3.63) is 92.6 Å². The fourth-order valence-electron chi connectivity index (χ4n) is 3.48. The van der Waals surface area contributed by atoms with Crippen LogP contribution in [0.1, 0.15) is 39.3 Å². The van der Waals surface area contributed by atoms with Gasteiger partial charge in [0.15, 0.2) is 5.78 Å². The van der Waals surface area contributed by atoms with Gasteiger partial charge in [0.25, 0.3) is 11.5 Å². The maximum absolute atomic E-state index is 13.4. The number of aromatic nitrogens is 1. The minimum absolute atomic E-state index is 0.117. The molecule has 0 bridgehead atoms. The molecule has 4 rings (SSSR count). The zero-order chi connectivity index (χ0) is 20.5. The molecule has 3 aromatic rings. The molecule has 0 atom stereocenters. The first-order valence-corrected chi connectivity index (χ1v) is 9.47. The highest BCUT2D eigenvalue weighted by Crippen LogP contribution is 2.24. The van der Waals surface area contributed by atoms with Crippen LogP contribution < -0.4 is 10.9 Å². The van der Waals surface area contributed by atoms with Gasteiger partial charge in [0.05, 0.1) is 0 Å². The fourth-order valence-corrected chi connectivity index (χ4v) is 3.61. The molecular weight excluding hydrogens is 395 g/mol. The van der Waals surface area contributed by atoms with Crippen LogP contribution in [-0.2, 0) is 6.42 Å². The van der Waals surface area contributed by atoms with E-state index in [1.807, 2.05) is 0 Å². The molecule has 0 saturated heterocycles. The summed E-state index contributed by atoms with van der Waals surface area (Å²) in [4.78, 5) is 38.5. The number of ketones is 1. The van der Waals surface area contributed by atoms with Crippen molar-refractivity contribution < 1.29 is 14.0 Å². The summed E-state index contributed by atoms with van der Waals surface area (Å²) in [5, 5.41) is 3.03. The van der Waals surface area contributed by atoms with E-state index in [0.29, 0.717) is 41.2 Å². The molecule has 1 aliphatic rings. The zero-order valence-electron chi connectivity index (χ0n) is 15.2. The molecule has 29 heavy (non-hydrogen) atoms. The summed E-state index contributed by atoms with van der Waals surface area (Å²) in [5.74, 6) is -1.33. The number of carbonyl (C=O) groups is 2. The Balaban J connectivity index is 1.86. The van der Waals surface area contributed by atoms with Gasteiger partial charge in [0, 0.05) is 34.1 Å². The van der Waals surface area contributed by atoms with Crippen LogP contribution in [0.25, 0.3) is 5.69 Å². The van der Waals surface area contributed by atoms with Crippen molar-refractivity contribution in [1.29, 1.82) is 0 Å². The highest BCUT2D eigenvalue weighted by Gasteiger charge is 2.26. The number of hydrogen-bond acceptors (Lipinski definition) is 3. The number of anilines is 1. The van der Waals surface area contributed by atoms with E-state index < -0.39 is 17.3 Å². The Morgan fingerprint density at radius 2 is 1.79 bits per heavy atom. The smallest absolute Gasteiger partial charge is 0.268 e. The Labute approximate surface area is 170 Å². The van der Waals surface area contributed by atoms with Gasteiger partial charge < -0.3 is 5.32 Å². The first-order chi connectivity index (χ1) is 13.9. The second kappa shape index (κ2) is 7.64. The Morgan fingerprint density at radius 1 is 1.03 bits per heavy atom. The molecule has 1 N–H and O–H groups in total. The van der Waals surface area contributed by atoms with Crippen LogP contribution in [0.3, 0.4) is 0 Å². The van der Waals surface area contributed by atoms with E-state index >= 15 is 0 Å². The van der Waals surface area contributed by atoms with Crippen molar-refractivity contribution in [3.8, 4) is 5.69 Å². The Bertz CT molecular complexity index is 1190. The topological polar surface area (TPSA) is 68.2 Å². The highest BCUT2D eigenvalue weighted by molar-refractivity contribution is 6.30. The summed E-state index contributed by atoms with van der Waals surface area (Å²) in [5.41, 5.74) is 0.946. The summed E-state index contributed by atoms with van der Waals surface area (Å²) in [6.07, 6.45) is 1.54. The van der Waals surface area contributed by atoms with Crippen molar-refractivity contribution >= 4 is 29.0 Å². The summed E-state index contributed by atoms with van der Waals surface area (Å²) in [6, 6.07) is 13.3. The molecule has 1 aromatic heterocycles. The minimum Gasteiger partial charge on any atom is -0.322 e. The van der Waals surface area contributed by atoms with Crippen LogP contribution in [0.4, 0.5) is 10.1 Å². The van der Waals surface area contributed by atoms with E-state index in [-0.39, 0.29) is 17.0 Å². The van der Waals surface area contributed by atoms with Crippen molar-refractivity contribution in [2.75, 3.05) is 5.32 Å². The van der Waals surface area contributed by atoms with Gasteiger partial charge in [-0.15, -0.1) is 0 Å². The molecule has 1 amide bonds. The van der Waals surface area contributed by atoms with Crippen LogP contribution in [0, 0.1) is 5.82 Å². The number of fused-ring (bicyclic) bond motifs is 1. The van der Waals surface area contributed by atoms with Crippen LogP contribution in [0.5, 0.6) is 0 Å². The first kappa shape index (κ1) is 19.1. The first-order valence-electron chi connectivity index (χ1n) is 9.09. The lowest BCUT2D eigenvalue weighted by atomic mass is 9.92. The molecule has 7 heteroatoms. The quantitative estimate of drug-likeness (QED) is 0.695. The molecular formula is C22H16ClFN2O3. The van der Waals surface area contributed by atoms with E-state index in [0.717, 1.165) is 6.07 Å². The van der Waals surface area contributed by atoms with E-state index in [1.54, 1.807) is 24.3 Å². The number of nitrogens with one attached hydrogen (secondary N) is 1. The lowest BCUT2D eigenvalue weighted by Crippen LogP contribution is -2.33. The van der Waals surface area contributed by atoms with E-state index in [2.05, 4.69) is 5.32 Å². The molecule has 1 heterocycles. The number of Topliss-reactive ketones (excluding diaryl/α,β-unsaturated/α-hetero) is 1. The number of benzene rings is 2. The van der Waals surface area contributed by atoms with Gasteiger partial charge in [-0.1, -0.05) is 17.7 Å². The standard InChI is InChI=1S/C22H16ClFN2O3/c23-13-7-9-16(10-8-13)26-19-5-2-6-20(27)17(19)12-18(22(26)29)21(28)25-15-4-1-3-14(24)11-15/h1,3-4,7-12H,2,5-6H2,(H,25,28).